The Kier molecular flexibility index (Phi) is 13.9. The second-order valence-electron chi connectivity index (χ2n) is 7.66. The summed E-state index contributed by atoms with van der Waals surface area (Å²) in [5.74, 6) is -0.965. The molecule has 0 aromatic rings. The number of unbranched alkanes of at least 4 members (excludes halogenated alkanes) is 8. The maximum atomic E-state index is 10.8. The van der Waals surface area contributed by atoms with E-state index in [9.17, 15) is 9.90 Å². The Morgan fingerprint density at radius 2 is 1.73 bits per heavy atom. The van der Waals surface area contributed by atoms with Gasteiger partial charge in [0.05, 0.1) is 18.6 Å². The number of hydrogen-bond donors (Lipinski definition) is 2. The Morgan fingerprint density at radius 3 is 2.31 bits per heavy atom. The lowest BCUT2D eigenvalue weighted by Crippen LogP contribution is -2.31. The fourth-order valence-electron chi connectivity index (χ4n) is 3.55. The predicted molar refractivity (Wildman–Crippen MR) is 103 cm³/mol. The fourth-order valence-corrected chi connectivity index (χ4v) is 3.55. The number of hydrogen-bond acceptors (Lipinski definition) is 4. The van der Waals surface area contributed by atoms with E-state index in [1.54, 1.807) is 0 Å². The van der Waals surface area contributed by atoms with Crippen LogP contribution < -0.4 is 0 Å². The summed E-state index contributed by atoms with van der Waals surface area (Å²) < 4.78 is 11.7. The molecule has 1 aliphatic rings. The van der Waals surface area contributed by atoms with Gasteiger partial charge in [-0.05, 0) is 25.7 Å². The Hall–Kier alpha value is -0.650. The molecule has 26 heavy (non-hydrogen) atoms. The van der Waals surface area contributed by atoms with Crippen molar-refractivity contribution in [2.45, 2.75) is 122 Å². The van der Waals surface area contributed by atoms with Crippen LogP contribution in [0.5, 0.6) is 0 Å². The first-order valence-corrected chi connectivity index (χ1v) is 10.8. The van der Waals surface area contributed by atoms with Crippen LogP contribution in [0, 0.1) is 0 Å². The highest BCUT2D eigenvalue weighted by Crippen LogP contribution is 2.21. The lowest BCUT2D eigenvalue weighted by atomic mass is 10.0. The van der Waals surface area contributed by atoms with Crippen LogP contribution in [0.15, 0.2) is 0 Å². The first-order valence-electron chi connectivity index (χ1n) is 10.8. The molecule has 1 aliphatic heterocycles. The molecule has 154 valence electrons. The van der Waals surface area contributed by atoms with E-state index >= 15 is 0 Å². The summed E-state index contributed by atoms with van der Waals surface area (Å²) in [4.78, 5) is 10.8. The minimum atomic E-state index is -0.965. The molecule has 0 aromatic carbocycles. The first-order chi connectivity index (χ1) is 12.6. The van der Waals surface area contributed by atoms with E-state index in [0.717, 1.165) is 38.7 Å². The van der Waals surface area contributed by atoms with E-state index < -0.39 is 12.1 Å². The molecule has 3 atom stereocenters. The molecule has 0 bridgehead atoms. The predicted octanol–water partition coefficient (Wildman–Crippen LogP) is 5.04. The maximum absolute atomic E-state index is 10.8. The number of aliphatic carboxylic acids is 1. The minimum absolute atomic E-state index is 0.114. The summed E-state index contributed by atoms with van der Waals surface area (Å²) in [6, 6.07) is 0. The molecule has 1 fully saturated rings. The molecule has 0 spiro atoms. The van der Waals surface area contributed by atoms with E-state index in [4.69, 9.17) is 14.6 Å². The van der Waals surface area contributed by atoms with Gasteiger partial charge in [0.25, 0.3) is 0 Å². The minimum Gasteiger partial charge on any atom is -0.481 e. The number of aliphatic hydroxyl groups excluding tert-OH is 1. The van der Waals surface area contributed by atoms with Gasteiger partial charge in [-0.2, -0.15) is 0 Å². The summed E-state index contributed by atoms with van der Waals surface area (Å²) in [5, 5.41) is 18.8. The number of aliphatic hydroxyl groups is 1. The van der Waals surface area contributed by atoms with Crippen molar-refractivity contribution in [3.05, 3.63) is 0 Å². The quantitative estimate of drug-likeness (QED) is 0.371. The van der Waals surface area contributed by atoms with Gasteiger partial charge in [0, 0.05) is 13.0 Å². The number of carboxylic acids is 1. The van der Waals surface area contributed by atoms with Crippen molar-refractivity contribution in [1.82, 2.24) is 0 Å². The standard InChI is InChI=1S/C21H40O5/c1-2-3-4-5-6-7-8-9-10-13-19(16-18(22)17-20(23)24)26-21-14-11-12-15-25-21/h18-19,21-22H,2-17H2,1H3,(H,23,24)/t18-,19+,21?/m0/s1. The topological polar surface area (TPSA) is 76.0 Å². The number of ether oxygens (including phenoxy) is 2. The molecular weight excluding hydrogens is 332 g/mol. The SMILES string of the molecule is CCCCCCCCCCC[C@H](C[C@H](O)CC(=O)O)OC1CCCCO1. The highest BCUT2D eigenvalue weighted by molar-refractivity contribution is 5.67. The third kappa shape index (κ3) is 12.7. The average Bonchev–Trinajstić information content (AvgIpc) is 2.60. The summed E-state index contributed by atoms with van der Waals surface area (Å²) in [5.41, 5.74) is 0. The molecule has 5 heteroatoms. The second-order valence-corrected chi connectivity index (χ2v) is 7.66. The number of rotatable bonds is 16. The fraction of sp³-hybridized carbons (Fsp3) is 0.952. The molecule has 0 saturated carbocycles. The van der Waals surface area contributed by atoms with Gasteiger partial charge in [-0.15, -0.1) is 0 Å². The molecule has 1 rings (SSSR count). The summed E-state index contributed by atoms with van der Waals surface area (Å²) in [6.07, 6.45) is 14.4. The molecule has 1 saturated heterocycles. The van der Waals surface area contributed by atoms with Crippen molar-refractivity contribution in [3.8, 4) is 0 Å². The van der Waals surface area contributed by atoms with Gasteiger partial charge in [0.15, 0.2) is 6.29 Å². The van der Waals surface area contributed by atoms with Crippen molar-refractivity contribution in [1.29, 1.82) is 0 Å². The lowest BCUT2D eigenvalue weighted by Gasteiger charge is -2.29. The van der Waals surface area contributed by atoms with Gasteiger partial charge < -0.3 is 19.7 Å². The van der Waals surface area contributed by atoms with E-state index in [-0.39, 0.29) is 18.8 Å². The van der Waals surface area contributed by atoms with Crippen LogP contribution in [0.2, 0.25) is 0 Å². The van der Waals surface area contributed by atoms with Gasteiger partial charge >= 0.3 is 5.97 Å². The Balaban J connectivity index is 2.21. The molecule has 0 radical (unpaired) electrons. The largest absolute Gasteiger partial charge is 0.481 e. The maximum Gasteiger partial charge on any atom is 0.305 e. The molecule has 0 aliphatic carbocycles. The van der Waals surface area contributed by atoms with Crippen LogP contribution in [0.1, 0.15) is 103 Å². The Labute approximate surface area is 159 Å². The van der Waals surface area contributed by atoms with Crippen molar-refractivity contribution >= 4 is 5.97 Å². The van der Waals surface area contributed by atoms with Crippen LogP contribution >= 0.6 is 0 Å². The second kappa shape index (κ2) is 15.4. The zero-order valence-electron chi connectivity index (χ0n) is 16.7. The van der Waals surface area contributed by atoms with Gasteiger partial charge in [0.2, 0.25) is 0 Å². The van der Waals surface area contributed by atoms with Crippen LogP contribution in [0.3, 0.4) is 0 Å². The summed E-state index contributed by atoms with van der Waals surface area (Å²) in [7, 11) is 0. The molecular formula is C21H40O5. The van der Waals surface area contributed by atoms with Crippen molar-refractivity contribution < 1.29 is 24.5 Å². The first kappa shape index (κ1) is 23.4. The number of carboxylic acid groups (broad SMARTS) is 1. The van der Waals surface area contributed by atoms with Crippen LogP contribution in [0.25, 0.3) is 0 Å². The van der Waals surface area contributed by atoms with Crippen molar-refractivity contribution in [2.24, 2.45) is 0 Å². The third-order valence-electron chi connectivity index (χ3n) is 5.06. The molecule has 2 N–H and O–H groups in total. The molecule has 0 aromatic heterocycles. The van der Waals surface area contributed by atoms with E-state index in [0.29, 0.717) is 6.42 Å². The van der Waals surface area contributed by atoms with Gasteiger partial charge in [-0.3, -0.25) is 4.79 Å². The Morgan fingerprint density at radius 1 is 1.08 bits per heavy atom. The van der Waals surface area contributed by atoms with E-state index in [2.05, 4.69) is 6.92 Å². The molecule has 1 heterocycles. The van der Waals surface area contributed by atoms with E-state index in [1.165, 1.54) is 51.4 Å². The highest BCUT2D eigenvalue weighted by Gasteiger charge is 2.23. The Bertz CT molecular complexity index is 341. The zero-order valence-corrected chi connectivity index (χ0v) is 16.7. The molecule has 0 amide bonds. The smallest absolute Gasteiger partial charge is 0.305 e. The average molecular weight is 373 g/mol. The van der Waals surface area contributed by atoms with Crippen molar-refractivity contribution in [3.63, 3.8) is 0 Å². The summed E-state index contributed by atoms with van der Waals surface area (Å²) >= 11 is 0. The van der Waals surface area contributed by atoms with Crippen LogP contribution in [0.4, 0.5) is 0 Å². The zero-order chi connectivity index (χ0) is 19.0. The van der Waals surface area contributed by atoms with Crippen molar-refractivity contribution in [2.75, 3.05) is 6.61 Å². The third-order valence-corrected chi connectivity index (χ3v) is 5.06. The monoisotopic (exact) mass is 372 g/mol. The van der Waals surface area contributed by atoms with Gasteiger partial charge in [-0.1, -0.05) is 64.7 Å². The van der Waals surface area contributed by atoms with Crippen LogP contribution in [-0.2, 0) is 14.3 Å². The number of carbonyl (C=O) groups is 1. The normalized spacial score (nSPS) is 20.0. The van der Waals surface area contributed by atoms with Crippen LogP contribution in [-0.4, -0.2) is 41.3 Å². The van der Waals surface area contributed by atoms with Gasteiger partial charge in [0.1, 0.15) is 0 Å². The van der Waals surface area contributed by atoms with Gasteiger partial charge in [-0.25, -0.2) is 0 Å². The van der Waals surface area contributed by atoms with E-state index in [1.807, 2.05) is 0 Å². The molecule has 1 unspecified atom stereocenters. The summed E-state index contributed by atoms with van der Waals surface area (Å²) in [6.45, 7) is 2.97. The lowest BCUT2D eigenvalue weighted by molar-refractivity contribution is -0.194. The highest BCUT2D eigenvalue weighted by atomic mass is 16.7. The molecule has 5 nitrogen and oxygen atoms in total.